The van der Waals surface area contributed by atoms with Crippen molar-refractivity contribution in [3.8, 4) is 0 Å². The number of ether oxygens (including phenoxy) is 2. The Balaban J connectivity index is 2.45. The van der Waals surface area contributed by atoms with Crippen molar-refractivity contribution < 1.29 is 14.6 Å². The van der Waals surface area contributed by atoms with E-state index in [1.165, 1.54) is 0 Å². The quantitative estimate of drug-likeness (QED) is 0.740. The van der Waals surface area contributed by atoms with Gasteiger partial charge >= 0.3 is 0 Å². The van der Waals surface area contributed by atoms with Gasteiger partial charge in [0.15, 0.2) is 5.79 Å². The van der Waals surface area contributed by atoms with Crippen LogP contribution in [0.4, 0.5) is 0 Å². The predicted octanol–water partition coefficient (Wildman–Crippen LogP) is 1.94. The summed E-state index contributed by atoms with van der Waals surface area (Å²) in [7, 11) is 0. The van der Waals surface area contributed by atoms with Gasteiger partial charge in [-0.2, -0.15) is 0 Å². The van der Waals surface area contributed by atoms with E-state index in [-0.39, 0.29) is 18.3 Å². The number of aliphatic hydroxyl groups excluding tert-OH is 1. The van der Waals surface area contributed by atoms with Gasteiger partial charge in [-0.25, -0.2) is 0 Å². The van der Waals surface area contributed by atoms with Crippen molar-refractivity contribution in [2.45, 2.75) is 45.3 Å². The zero-order valence-corrected chi connectivity index (χ0v) is 9.29. The summed E-state index contributed by atoms with van der Waals surface area (Å²) in [6.07, 6.45) is 4.06. The molecule has 0 bridgehead atoms. The minimum Gasteiger partial charge on any atom is -0.396 e. The largest absolute Gasteiger partial charge is 0.396 e. The van der Waals surface area contributed by atoms with Crippen LogP contribution in [0.2, 0.25) is 0 Å². The molecule has 1 fully saturated rings. The maximum absolute atomic E-state index is 8.96. The van der Waals surface area contributed by atoms with Gasteiger partial charge in [-0.15, -0.1) is 0 Å². The normalized spacial score (nSPS) is 22.5. The average molecular weight is 202 g/mol. The second kappa shape index (κ2) is 5.69. The molecule has 0 radical (unpaired) electrons. The van der Waals surface area contributed by atoms with Crippen LogP contribution in [0.3, 0.4) is 0 Å². The van der Waals surface area contributed by atoms with Crippen LogP contribution in [0, 0.1) is 5.92 Å². The van der Waals surface area contributed by atoms with Crippen LogP contribution in [0.25, 0.3) is 0 Å². The van der Waals surface area contributed by atoms with E-state index < -0.39 is 0 Å². The summed E-state index contributed by atoms with van der Waals surface area (Å²) in [6, 6.07) is 0. The first kappa shape index (κ1) is 12.0. The molecule has 1 rings (SSSR count). The van der Waals surface area contributed by atoms with Crippen molar-refractivity contribution in [2.75, 3.05) is 19.8 Å². The fourth-order valence-corrected chi connectivity index (χ4v) is 1.91. The third kappa shape index (κ3) is 2.94. The first-order valence-corrected chi connectivity index (χ1v) is 5.65. The number of hydrogen-bond acceptors (Lipinski definition) is 3. The summed E-state index contributed by atoms with van der Waals surface area (Å²) in [4.78, 5) is 0. The molecule has 0 atom stereocenters. The molecule has 0 aromatic rings. The smallest absolute Gasteiger partial charge is 0.168 e. The van der Waals surface area contributed by atoms with E-state index in [1.807, 2.05) is 0 Å². The highest BCUT2D eigenvalue weighted by atomic mass is 16.7. The molecule has 14 heavy (non-hydrogen) atoms. The van der Waals surface area contributed by atoms with Crippen molar-refractivity contribution in [3.63, 3.8) is 0 Å². The van der Waals surface area contributed by atoms with Crippen molar-refractivity contribution >= 4 is 0 Å². The van der Waals surface area contributed by atoms with Crippen LogP contribution in [-0.2, 0) is 9.47 Å². The summed E-state index contributed by atoms with van der Waals surface area (Å²) < 4.78 is 11.5. The average Bonchev–Trinajstić information content (AvgIpc) is 2.20. The minimum atomic E-state index is -0.352. The predicted molar refractivity (Wildman–Crippen MR) is 55.0 cm³/mol. The summed E-state index contributed by atoms with van der Waals surface area (Å²) in [5, 5.41) is 8.96. The fourth-order valence-electron chi connectivity index (χ4n) is 1.91. The number of rotatable bonds is 5. The number of aliphatic hydroxyl groups is 1. The zero-order valence-electron chi connectivity index (χ0n) is 9.29. The minimum absolute atomic E-state index is 0.161. The maximum Gasteiger partial charge on any atom is 0.168 e. The van der Waals surface area contributed by atoms with Gasteiger partial charge in [0.05, 0.1) is 19.8 Å². The van der Waals surface area contributed by atoms with Gasteiger partial charge in [-0.1, -0.05) is 26.7 Å². The Morgan fingerprint density at radius 3 is 2.00 bits per heavy atom. The van der Waals surface area contributed by atoms with Gasteiger partial charge in [0, 0.05) is 18.8 Å². The molecular weight excluding hydrogens is 180 g/mol. The summed E-state index contributed by atoms with van der Waals surface area (Å²) in [5.41, 5.74) is 0. The molecule has 1 aliphatic heterocycles. The maximum atomic E-state index is 8.96. The monoisotopic (exact) mass is 202 g/mol. The molecule has 3 heteroatoms. The molecule has 0 spiro atoms. The molecule has 84 valence electrons. The molecule has 0 amide bonds. The highest BCUT2D eigenvalue weighted by Gasteiger charge is 2.35. The highest BCUT2D eigenvalue weighted by Crippen LogP contribution is 2.30. The van der Waals surface area contributed by atoms with Crippen LogP contribution in [0.1, 0.15) is 39.5 Å². The molecule has 1 heterocycles. The van der Waals surface area contributed by atoms with E-state index in [0.717, 1.165) is 25.7 Å². The Kier molecular flexibility index (Phi) is 4.85. The van der Waals surface area contributed by atoms with Crippen LogP contribution in [0.5, 0.6) is 0 Å². The molecule has 1 saturated heterocycles. The molecule has 0 aliphatic carbocycles. The van der Waals surface area contributed by atoms with Crippen LogP contribution in [-0.4, -0.2) is 30.7 Å². The van der Waals surface area contributed by atoms with E-state index in [4.69, 9.17) is 14.6 Å². The molecule has 3 nitrogen and oxygen atoms in total. The van der Waals surface area contributed by atoms with Crippen molar-refractivity contribution in [1.29, 1.82) is 0 Å². The molecule has 1 aliphatic rings. The highest BCUT2D eigenvalue weighted by molar-refractivity contribution is 4.75. The van der Waals surface area contributed by atoms with Gasteiger partial charge in [0.2, 0.25) is 0 Å². The number of hydrogen-bond donors (Lipinski definition) is 1. The van der Waals surface area contributed by atoms with Gasteiger partial charge in [-0.3, -0.25) is 0 Å². The topological polar surface area (TPSA) is 38.7 Å². The van der Waals surface area contributed by atoms with Crippen molar-refractivity contribution in [2.24, 2.45) is 5.92 Å². The van der Waals surface area contributed by atoms with Crippen molar-refractivity contribution in [3.05, 3.63) is 0 Å². The van der Waals surface area contributed by atoms with E-state index in [9.17, 15) is 0 Å². The Hall–Kier alpha value is -0.120. The third-order valence-corrected chi connectivity index (χ3v) is 2.68. The van der Waals surface area contributed by atoms with Crippen molar-refractivity contribution in [1.82, 2.24) is 0 Å². The van der Waals surface area contributed by atoms with E-state index >= 15 is 0 Å². The van der Waals surface area contributed by atoms with E-state index in [2.05, 4.69) is 13.8 Å². The Labute approximate surface area is 86.4 Å². The summed E-state index contributed by atoms with van der Waals surface area (Å²) >= 11 is 0. The van der Waals surface area contributed by atoms with Gasteiger partial charge < -0.3 is 14.6 Å². The Morgan fingerprint density at radius 1 is 1.14 bits per heavy atom. The van der Waals surface area contributed by atoms with Gasteiger partial charge in [0.25, 0.3) is 0 Å². The standard InChI is InChI=1S/C11H22O3/c1-3-5-11(6-4-2)13-8-10(7-12)9-14-11/h10,12H,3-9H2,1-2H3. The first-order valence-electron chi connectivity index (χ1n) is 5.65. The van der Waals surface area contributed by atoms with Crippen LogP contribution < -0.4 is 0 Å². The van der Waals surface area contributed by atoms with E-state index in [0.29, 0.717) is 13.2 Å². The Bertz CT molecular complexity index is 143. The first-order chi connectivity index (χ1) is 6.76. The lowest BCUT2D eigenvalue weighted by molar-refractivity contribution is -0.291. The second-order valence-electron chi connectivity index (χ2n) is 4.08. The molecule has 0 saturated carbocycles. The fraction of sp³-hybridized carbons (Fsp3) is 1.00. The Morgan fingerprint density at radius 2 is 1.64 bits per heavy atom. The molecule has 0 aromatic carbocycles. The summed E-state index contributed by atoms with van der Waals surface area (Å²) in [5.74, 6) is -0.188. The molecule has 1 N–H and O–H groups in total. The molecule has 0 unspecified atom stereocenters. The van der Waals surface area contributed by atoms with Gasteiger partial charge in [-0.05, 0) is 0 Å². The molecule has 0 aromatic heterocycles. The van der Waals surface area contributed by atoms with Crippen LogP contribution in [0.15, 0.2) is 0 Å². The SMILES string of the molecule is CCCC1(CCC)OCC(CO)CO1. The lowest BCUT2D eigenvalue weighted by Crippen LogP contribution is -2.45. The lowest BCUT2D eigenvalue weighted by atomic mass is 10.0. The lowest BCUT2D eigenvalue weighted by Gasteiger charge is -2.39. The van der Waals surface area contributed by atoms with Gasteiger partial charge in [0.1, 0.15) is 0 Å². The second-order valence-corrected chi connectivity index (χ2v) is 4.08. The third-order valence-electron chi connectivity index (χ3n) is 2.68. The van der Waals surface area contributed by atoms with E-state index in [1.54, 1.807) is 0 Å². The van der Waals surface area contributed by atoms with Crippen LogP contribution >= 0.6 is 0 Å². The zero-order chi connectivity index (χ0) is 10.4. The molecular formula is C11H22O3. The summed E-state index contributed by atoms with van der Waals surface area (Å²) in [6.45, 7) is 5.71.